The molecule has 3 aliphatic heterocycles. The van der Waals surface area contributed by atoms with Gasteiger partial charge in [0.05, 0.1) is 18.3 Å². The molecule has 0 saturated carbocycles. The summed E-state index contributed by atoms with van der Waals surface area (Å²) < 4.78 is 89.5. The van der Waals surface area contributed by atoms with Crippen LogP contribution in [-0.2, 0) is 40.1 Å². The third kappa shape index (κ3) is 10.6. The Bertz CT molecular complexity index is 950. The summed E-state index contributed by atoms with van der Waals surface area (Å²) in [6, 6.07) is 3.46. The summed E-state index contributed by atoms with van der Waals surface area (Å²) in [5.74, 6) is -0.941. The molecule has 3 aliphatic rings. The maximum absolute atomic E-state index is 11.8. The zero-order chi connectivity index (χ0) is 29.1. The van der Waals surface area contributed by atoms with E-state index in [4.69, 9.17) is 29.0 Å². The van der Waals surface area contributed by atoms with Crippen molar-refractivity contribution in [3.8, 4) is 0 Å². The number of allylic oxidation sites excluding steroid dienone is 1. The number of esters is 2. The van der Waals surface area contributed by atoms with E-state index >= 15 is 0 Å². The van der Waals surface area contributed by atoms with Crippen molar-refractivity contribution in [2.45, 2.75) is 50.6 Å². The molecule has 0 aliphatic carbocycles. The topological polar surface area (TPSA) is 145 Å². The Kier molecular flexibility index (Phi) is 15.1. The predicted octanol–water partition coefficient (Wildman–Crippen LogP) is -0.688. The molecule has 39 heavy (non-hydrogen) atoms. The molecule has 4 atom stereocenters. The van der Waals surface area contributed by atoms with Gasteiger partial charge in [-0.15, -0.1) is 0 Å². The number of carbonyl (C=O) groups excluding carboxylic acids is 3. The first-order valence-corrected chi connectivity index (χ1v) is 10.5. The molecular weight excluding hydrogens is 561 g/mol. The molecule has 1 aromatic rings. The maximum atomic E-state index is 11.8. The molecule has 4 rings (SSSR count). The van der Waals surface area contributed by atoms with Crippen LogP contribution in [0, 0.1) is 11.8 Å². The van der Waals surface area contributed by atoms with Gasteiger partial charge < -0.3 is 33.9 Å². The largest absolute Gasteiger partial charge is 1.00 e. The Morgan fingerprint density at radius 1 is 1.28 bits per heavy atom. The molecule has 0 aromatic carbocycles. The van der Waals surface area contributed by atoms with E-state index in [0.29, 0.717) is 18.4 Å². The van der Waals surface area contributed by atoms with E-state index in [0.717, 1.165) is 6.08 Å². The fourth-order valence-electron chi connectivity index (χ4n) is 3.56. The molecule has 1 spiro atoms. The smallest absolute Gasteiger partial charge is 0.662 e. The van der Waals surface area contributed by atoms with Crippen LogP contribution in [0.2, 0.25) is 0 Å². The average Bonchev–Trinajstić information content (AvgIpc) is 3.62. The van der Waals surface area contributed by atoms with Crippen LogP contribution in [0.5, 0.6) is 0 Å². The summed E-state index contributed by atoms with van der Waals surface area (Å²) in [5.41, 5.74) is -0.388. The molecule has 1 N–H and O–H groups in total. The molecular formula is C22H23F6NaO10. The minimum absolute atomic E-state index is 0. The summed E-state index contributed by atoms with van der Waals surface area (Å²) in [7, 11) is 0. The first-order chi connectivity index (χ1) is 17.7. The zero-order valence-corrected chi connectivity index (χ0v) is 22.7. The van der Waals surface area contributed by atoms with E-state index in [2.05, 4.69) is 9.62 Å². The summed E-state index contributed by atoms with van der Waals surface area (Å²) in [6.07, 6.45) is -8.29. The van der Waals surface area contributed by atoms with Crippen LogP contribution in [-0.4, -0.2) is 60.3 Å². The molecule has 0 amide bonds. The van der Waals surface area contributed by atoms with Gasteiger partial charge in [-0.2, -0.15) is 26.3 Å². The van der Waals surface area contributed by atoms with E-state index in [1.807, 2.05) is 19.1 Å². The van der Waals surface area contributed by atoms with E-state index in [9.17, 15) is 35.9 Å². The fourth-order valence-corrected chi connectivity index (χ4v) is 3.56. The molecule has 2 unspecified atom stereocenters. The Morgan fingerprint density at radius 3 is 2.26 bits per heavy atom. The van der Waals surface area contributed by atoms with Crippen molar-refractivity contribution in [3.05, 3.63) is 48.5 Å². The first kappa shape index (κ1) is 36.6. The van der Waals surface area contributed by atoms with Gasteiger partial charge in [-0.3, -0.25) is 9.59 Å². The second-order valence-corrected chi connectivity index (χ2v) is 7.67. The fraction of sp³-hybridized carbons (Fsp3) is 0.500. The maximum Gasteiger partial charge on any atom is 1.00 e. The van der Waals surface area contributed by atoms with Crippen LogP contribution < -0.4 is 34.8 Å². The average molecular weight is 584 g/mol. The number of halogens is 6. The normalized spacial score (nSPS) is 24.2. The molecule has 2 saturated heterocycles. The van der Waals surface area contributed by atoms with Crippen LogP contribution >= 0.6 is 0 Å². The third-order valence-corrected chi connectivity index (χ3v) is 5.09. The Hall–Kier alpha value is -2.37. The van der Waals surface area contributed by atoms with E-state index < -0.39 is 24.4 Å². The van der Waals surface area contributed by atoms with Gasteiger partial charge in [0.2, 0.25) is 0 Å². The number of rotatable bonds is 4. The van der Waals surface area contributed by atoms with E-state index in [1.165, 1.54) is 13.2 Å². The number of hydrogen-bond donors (Lipinski definition) is 1. The molecule has 4 heterocycles. The van der Waals surface area contributed by atoms with Gasteiger partial charge >= 0.3 is 53.8 Å². The Balaban J connectivity index is 0.000000534. The molecule has 2 bridgehead atoms. The van der Waals surface area contributed by atoms with Gasteiger partial charge in [0.1, 0.15) is 24.6 Å². The number of fused-ring (bicyclic) bond motifs is 1. The van der Waals surface area contributed by atoms with Crippen molar-refractivity contribution in [2.75, 3.05) is 6.61 Å². The van der Waals surface area contributed by atoms with Crippen LogP contribution in [0.25, 0.3) is 0 Å². The molecule has 214 valence electrons. The molecule has 17 heteroatoms. The SMILES string of the molecule is C/C=C/C(=O)OC(C(F)(F)F)C(F)(F)F.CC1C2C(=O)OC[C@]23C=C[C@H]1O3.O=CO[O-].OCc1ccco1.[Na+]. The minimum Gasteiger partial charge on any atom is -0.662 e. The quantitative estimate of drug-likeness (QED) is 0.0706. The van der Waals surface area contributed by atoms with Crippen molar-refractivity contribution in [3.63, 3.8) is 0 Å². The summed E-state index contributed by atoms with van der Waals surface area (Å²) in [6.45, 7) is 3.52. The first-order valence-electron chi connectivity index (χ1n) is 10.5. The van der Waals surface area contributed by atoms with Crippen molar-refractivity contribution < 1.29 is 104 Å². The van der Waals surface area contributed by atoms with E-state index in [1.54, 1.807) is 12.1 Å². The summed E-state index contributed by atoms with van der Waals surface area (Å²) >= 11 is 0. The molecule has 10 nitrogen and oxygen atoms in total. The van der Waals surface area contributed by atoms with Gasteiger partial charge in [0, 0.05) is 12.0 Å². The minimum atomic E-state index is -5.67. The van der Waals surface area contributed by atoms with Crippen molar-refractivity contribution in [1.29, 1.82) is 0 Å². The number of furan rings is 1. The zero-order valence-electron chi connectivity index (χ0n) is 20.7. The van der Waals surface area contributed by atoms with Gasteiger partial charge in [-0.1, -0.05) is 19.1 Å². The number of cyclic esters (lactones) is 1. The number of hydrogen-bond acceptors (Lipinski definition) is 10. The second kappa shape index (κ2) is 16.0. The number of aliphatic hydroxyl groups excluding tert-OH is 1. The Morgan fingerprint density at radius 2 is 1.87 bits per heavy atom. The van der Waals surface area contributed by atoms with Gasteiger partial charge in [-0.05, 0) is 25.1 Å². The monoisotopic (exact) mass is 584 g/mol. The predicted molar refractivity (Wildman–Crippen MR) is 109 cm³/mol. The Labute approximate surface area is 239 Å². The molecule has 1 aromatic heterocycles. The summed E-state index contributed by atoms with van der Waals surface area (Å²) in [4.78, 5) is 33.0. The van der Waals surface area contributed by atoms with Crippen LogP contribution in [0.4, 0.5) is 26.3 Å². The van der Waals surface area contributed by atoms with Gasteiger partial charge in [0.15, 0.2) is 0 Å². The summed E-state index contributed by atoms with van der Waals surface area (Å²) in [5, 5.41) is 16.8. The standard InChI is InChI=1S/C9H10O3.C7H6F6O2.C5H6O2.CH2O3.Na/c1-5-6-2-3-9(12-6)4-11-8(10)7(5)9;1-2-3-4(14)15-5(6(8,9)10)7(11,12)13;6-4-5-2-1-3-7-5;2-1-4-3;/h2-3,5-7H,4H2,1H3;2-3,5H,1H3;1-3,6H,4H2;1,3H;/q;;;;+1/p-1/b;3-2+;;;/t5?,6-,7?,9-;;;;/m1..../s1. The van der Waals surface area contributed by atoms with E-state index in [-0.39, 0.29) is 72.1 Å². The van der Waals surface area contributed by atoms with Crippen molar-refractivity contribution in [1.82, 2.24) is 0 Å². The van der Waals surface area contributed by atoms with Gasteiger partial charge in [-0.25, -0.2) is 4.79 Å². The molecule has 0 radical (unpaired) electrons. The number of carbonyl (C=O) groups is 3. The number of aliphatic hydroxyl groups is 1. The van der Waals surface area contributed by atoms with Crippen molar-refractivity contribution in [2.24, 2.45) is 11.8 Å². The number of ether oxygens (including phenoxy) is 3. The van der Waals surface area contributed by atoms with Crippen LogP contribution in [0.3, 0.4) is 0 Å². The van der Waals surface area contributed by atoms with Crippen LogP contribution in [0.15, 0.2) is 47.1 Å². The van der Waals surface area contributed by atoms with Gasteiger partial charge in [0.25, 0.3) is 12.6 Å². The third-order valence-electron chi connectivity index (χ3n) is 5.09. The van der Waals surface area contributed by atoms with Crippen molar-refractivity contribution >= 4 is 18.4 Å². The second-order valence-electron chi connectivity index (χ2n) is 7.67. The number of alkyl halides is 6. The molecule has 2 fully saturated rings. The van der Waals surface area contributed by atoms with Crippen LogP contribution in [0.1, 0.15) is 19.6 Å².